The molecular weight excluding hydrogens is 253 g/mol. The average molecular weight is 274 g/mol. The summed E-state index contributed by atoms with van der Waals surface area (Å²) < 4.78 is 14.6. The maximum Gasteiger partial charge on any atom is 0.190 e. The maximum atomic E-state index is 14.6. The van der Waals surface area contributed by atoms with Crippen LogP contribution in [0.2, 0.25) is 5.02 Å². The van der Waals surface area contributed by atoms with Crippen molar-refractivity contribution in [3.8, 4) is 0 Å². The molecule has 0 radical (unpaired) electrons. The van der Waals surface area contributed by atoms with E-state index in [4.69, 9.17) is 11.6 Å². The summed E-state index contributed by atoms with van der Waals surface area (Å²) >= 11 is 6.08. The molecule has 1 heterocycles. The molecule has 1 rings (SSSR count). The first-order chi connectivity index (χ1) is 8.60. The molecule has 18 heavy (non-hydrogen) atoms. The third-order valence-electron chi connectivity index (χ3n) is 3.07. The van der Waals surface area contributed by atoms with E-state index in [9.17, 15) is 4.39 Å². The number of nitrogens with zero attached hydrogens (tertiary/aromatic N) is 3. The van der Waals surface area contributed by atoms with Crippen molar-refractivity contribution in [1.29, 1.82) is 0 Å². The number of aromatic nitrogens is 1. The molecule has 1 aromatic rings. The van der Waals surface area contributed by atoms with Gasteiger partial charge >= 0.3 is 0 Å². The largest absolute Gasteiger partial charge is 0.368 e. The molecular formula is C13H21ClFN3. The van der Waals surface area contributed by atoms with Crippen molar-refractivity contribution in [3.05, 3.63) is 17.0 Å². The van der Waals surface area contributed by atoms with Crippen LogP contribution < -0.4 is 9.80 Å². The lowest BCUT2D eigenvalue weighted by atomic mass is 10.3. The highest BCUT2D eigenvalue weighted by molar-refractivity contribution is 6.33. The Balaban J connectivity index is 3.29. The first-order valence-corrected chi connectivity index (χ1v) is 6.82. The smallest absolute Gasteiger partial charge is 0.190 e. The van der Waals surface area contributed by atoms with Gasteiger partial charge in [0.1, 0.15) is 0 Å². The molecule has 0 aliphatic rings. The normalized spacial score (nSPS) is 10.6. The zero-order chi connectivity index (χ0) is 13.7. The highest BCUT2D eigenvalue weighted by Gasteiger charge is 2.20. The van der Waals surface area contributed by atoms with Gasteiger partial charge in [-0.2, -0.15) is 0 Å². The van der Waals surface area contributed by atoms with Crippen LogP contribution in [-0.2, 0) is 0 Å². The highest BCUT2D eigenvalue weighted by Crippen LogP contribution is 2.33. The number of halogens is 2. The van der Waals surface area contributed by atoms with E-state index in [1.165, 1.54) is 6.20 Å². The highest BCUT2D eigenvalue weighted by atomic mass is 35.5. The van der Waals surface area contributed by atoms with Gasteiger partial charge in [-0.15, -0.1) is 0 Å². The molecule has 102 valence electrons. The van der Waals surface area contributed by atoms with E-state index in [0.717, 1.165) is 26.2 Å². The van der Waals surface area contributed by atoms with E-state index in [1.54, 1.807) is 0 Å². The van der Waals surface area contributed by atoms with E-state index in [1.807, 2.05) is 37.5 Å². The molecule has 5 heteroatoms. The monoisotopic (exact) mass is 273 g/mol. The molecule has 0 spiro atoms. The predicted molar refractivity (Wildman–Crippen MR) is 76.3 cm³/mol. The lowest BCUT2D eigenvalue weighted by molar-refractivity contribution is 0.605. The van der Waals surface area contributed by atoms with Crippen molar-refractivity contribution in [2.45, 2.75) is 27.7 Å². The van der Waals surface area contributed by atoms with Gasteiger partial charge in [-0.05, 0) is 27.7 Å². The van der Waals surface area contributed by atoms with Gasteiger partial charge in [0.25, 0.3) is 0 Å². The minimum absolute atomic E-state index is 0.324. The van der Waals surface area contributed by atoms with Gasteiger partial charge in [-0.3, -0.25) is 0 Å². The average Bonchev–Trinajstić information content (AvgIpc) is 2.38. The molecule has 0 bridgehead atoms. The van der Waals surface area contributed by atoms with Crippen LogP contribution in [0, 0.1) is 5.82 Å². The second kappa shape index (κ2) is 6.78. The van der Waals surface area contributed by atoms with Crippen molar-refractivity contribution in [2.75, 3.05) is 36.0 Å². The molecule has 0 saturated carbocycles. The summed E-state index contributed by atoms with van der Waals surface area (Å²) in [5.74, 6) is 0.0567. The van der Waals surface area contributed by atoms with Gasteiger partial charge in [0.05, 0.1) is 16.9 Å². The third kappa shape index (κ3) is 2.86. The Morgan fingerprint density at radius 1 is 1.06 bits per heavy atom. The number of anilines is 2. The molecule has 0 aliphatic heterocycles. The van der Waals surface area contributed by atoms with Gasteiger partial charge in [0, 0.05) is 26.2 Å². The third-order valence-corrected chi connectivity index (χ3v) is 3.35. The van der Waals surface area contributed by atoms with Gasteiger partial charge in [0.2, 0.25) is 0 Å². The molecule has 0 fully saturated rings. The molecule has 0 aliphatic carbocycles. The molecule has 1 aromatic heterocycles. The quantitative estimate of drug-likeness (QED) is 0.790. The van der Waals surface area contributed by atoms with Crippen LogP contribution in [0.3, 0.4) is 0 Å². The Morgan fingerprint density at radius 3 is 2.00 bits per heavy atom. The van der Waals surface area contributed by atoms with Crippen molar-refractivity contribution in [2.24, 2.45) is 0 Å². The Kier molecular flexibility index (Phi) is 5.66. The fraction of sp³-hybridized carbons (Fsp3) is 0.615. The Hall–Kier alpha value is -1.03. The predicted octanol–water partition coefficient (Wildman–Crippen LogP) is 3.57. The first-order valence-electron chi connectivity index (χ1n) is 6.44. The Labute approximate surface area is 114 Å². The van der Waals surface area contributed by atoms with Crippen LogP contribution in [0.5, 0.6) is 0 Å². The molecule has 3 nitrogen and oxygen atoms in total. The Morgan fingerprint density at radius 2 is 1.56 bits per heavy atom. The van der Waals surface area contributed by atoms with Crippen LogP contribution in [0.15, 0.2) is 6.20 Å². The van der Waals surface area contributed by atoms with Crippen molar-refractivity contribution in [3.63, 3.8) is 0 Å². The van der Waals surface area contributed by atoms with Crippen LogP contribution in [-0.4, -0.2) is 31.2 Å². The minimum atomic E-state index is -0.324. The van der Waals surface area contributed by atoms with Gasteiger partial charge in [-0.25, -0.2) is 9.37 Å². The zero-order valence-electron chi connectivity index (χ0n) is 11.5. The van der Waals surface area contributed by atoms with Crippen molar-refractivity contribution >= 4 is 23.1 Å². The topological polar surface area (TPSA) is 19.4 Å². The van der Waals surface area contributed by atoms with E-state index in [0.29, 0.717) is 16.5 Å². The van der Waals surface area contributed by atoms with Crippen LogP contribution in [0.1, 0.15) is 27.7 Å². The molecule has 0 amide bonds. The summed E-state index contributed by atoms with van der Waals surface area (Å²) in [6, 6.07) is 0. The number of hydrogen-bond donors (Lipinski definition) is 0. The number of hydrogen-bond acceptors (Lipinski definition) is 3. The zero-order valence-corrected chi connectivity index (χ0v) is 12.3. The summed E-state index contributed by atoms with van der Waals surface area (Å²) in [5, 5.41) is 0.368. The molecule has 0 unspecified atom stereocenters. The lowest BCUT2D eigenvalue weighted by Gasteiger charge is -2.26. The standard InChI is InChI=1S/C13H21ClFN3/c1-5-17(6-2)12-10(14)9-16-13(11(12)15)18(7-3)8-4/h9H,5-8H2,1-4H3. The second-order valence-electron chi connectivity index (χ2n) is 3.94. The fourth-order valence-electron chi connectivity index (χ4n) is 2.02. The SMILES string of the molecule is CCN(CC)c1ncc(Cl)c(N(CC)CC)c1F. The maximum absolute atomic E-state index is 14.6. The van der Waals surface area contributed by atoms with Gasteiger partial charge in [0.15, 0.2) is 11.6 Å². The van der Waals surface area contributed by atoms with Crippen LogP contribution >= 0.6 is 11.6 Å². The van der Waals surface area contributed by atoms with E-state index in [2.05, 4.69) is 4.98 Å². The van der Waals surface area contributed by atoms with E-state index >= 15 is 0 Å². The fourth-order valence-corrected chi connectivity index (χ4v) is 2.27. The van der Waals surface area contributed by atoms with E-state index in [-0.39, 0.29) is 5.82 Å². The lowest BCUT2D eigenvalue weighted by Crippen LogP contribution is -2.28. The van der Waals surface area contributed by atoms with Crippen LogP contribution in [0.25, 0.3) is 0 Å². The summed E-state index contributed by atoms with van der Waals surface area (Å²) in [4.78, 5) is 7.92. The number of pyridine rings is 1. The molecule has 0 N–H and O–H groups in total. The second-order valence-corrected chi connectivity index (χ2v) is 4.34. The molecule has 0 saturated heterocycles. The summed E-state index contributed by atoms with van der Waals surface area (Å²) in [6.07, 6.45) is 1.53. The van der Waals surface area contributed by atoms with E-state index < -0.39 is 0 Å². The van der Waals surface area contributed by atoms with Crippen molar-refractivity contribution < 1.29 is 4.39 Å². The first kappa shape index (κ1) is 15.0. The molecule has 0 atom stereocenters. The summed E-state index contributed by atoms with van der Waals surface area (Å²) in [6.45, 7) is 10.8. The Bertz CT molecular complexity index is 390. The van der Waals surface area contributed by atoms with Crippen LogP contribution in [0.4, 0.5) is 15.9 Å². The molecule has 0 aromatic carbocycles. The van der Waals surface area contributed by atoms with Crippen molar-refractivity contribution in [1.82, 2.24) is 4.98 Å². The summed E-state index contributed by atoms with van der Waals surface area (Å²) in [7, 11) is 0. The minimum Gasteiger partial charge on any atom is -0.368 e. The van der Waals surface area contributed by atoms with Gasteiger partial charge < -0.3 is 9.80 Å². The van der Waals surface area contributed by atoms with Gasteiger partial charge in [-0.1, -0.05) is 11.6 Å². The number of rotatable bonds is 6. The summed E-state index contributed by atoms with van der Waals surface area (Å²) in [5.41, 5.74) is 0.457.